The van der Waals surface area contributed by atoms with Crippen molar-refractivity contribution in [3.8, 4) is 0 Å². The monoisotopic (exact) mass is 232 g/mol. The maximum Gasteiger partial charge on any atom is 0.164 e. The van der Waals surface area contributed by atoms with Gasteiger partial charge in [-0.2, -0.15) is 0 Å². The molecule has 2 heterocycles. The Labute approximate surface area is 95.1 Å². The summed E-state index contributed by atoms with van der Waals surface area (Å²) in [5.41, 5.74) is 10.7. The van der Waals surface area contributed by atoms with Crippen LogP contribution in [-0.4, -0.2) is 50.1 Å². The van der Waals surface area contributed by atoms with Crippen molar-refractivity contribution >= 4 is 0 Å². The molecule has 2 unspecified atom stereocenters. The molecule has 0 spiro atoms. The van der Waals surface area contributed by atoms with E-state index >= 15 is 0 Å². The summed E-state index contributed by atoms with van der Waals surface area (Å²) in [4.78, 5) is 0. The molecule has 0 aromatic rings. The first-order chi connectivity index (χ1) is 7.42. The summed E-state index contributed by atoms with van der Waals surface area (Å²) in [6, 6.07) is 0. The maximum absolute atomic E-state index is 6.05. The van der Waals surface area contributed by atoms with Crippen molar-refractivity contribution < 1.29 is 18.9 Å². The summed E-state index contributed by atoms with van der Waals surface area (Å²) in [6.45, 7) is 4.28. The molecule has 2 fully saturated rings. The molecule has 0 amide bonds. The molecule has 4 atom stereocenters. The number of nitrogens with two attached hydrogens (primary N) is 2. The molecule has 0 aromatic heterocycles. The van der Waals surface area contributed by atoms with E-state index in [9.17, 15) is 0 Å². The fourth-order valence-electron chi connectivity index (χ4n) is 2.35. The molecular weight excluding hydrogens is 212 g/mol. The lowest BCUT2D eigenvalue weighted by atomic mass is 9.95. The van der Waals surface area contributed by atoms with E-state index in [0.29, 0.717) is 6.61 Å². The first-order valence-electron chi connectivity index (χ1n) is 5.43. The molecule has 6 nitrogen and oxygen atoms in total. The van der Waals surface area contributed by atoms with Crippen LogP contribution in [0, 0.1) is 0 Å². The van der Waals surface area contributed by atoms with E-state index in [-0.39, 0.29) is 18.8 Å². The Balaban J connectivity index is 2.20. The van der Waals surface area contributed by atoms with E-state index in [1.807, 2.05) is 13.8 Å². The highest BCUT2D eigenvalue weighted by atomic mass is 16.8. The lowest BCUT2D eigenvalue weighted by Crippen LogP contribution is -2.68. The second-order valence-corrected chi connectivity index (χ2v) is 4.76. The molecule has 0 saturated carbocycles. The molecule has 2 aliphatic heterocycles. The van der Waals surface area contributed by atoms with Crippen LogP contribution in [0.4, 0.5) is 0 Å². The summed E-state index contributed by atoms with van der Waals surface area (Å²) in [5.74, 6) is -0.630. The molecule has 2 saturated heterocycles. The van der Waals surface area contributed by atoms with Crippen molar-refractivity contribution in [3.63, 3.8) is 0 Å². The Hall–Kier alpha value is -0.240. The van der Waals surface area contributed by atoms with Crippen molar-refractivity contribution in [2.24, 2.45) is 11.5 Å². The average Bonchev–Trinajstić information content (AvgIpc) is 2.52. The first-order valence-corrected chi connectivity index (χ1v) is 5.43. The second-order valence-electron chi connectivity index (χ2n) is 4.76. The van der Waals surface area contributed by atoms with Crippen LogP contribution in [0.1, 0.15) is 13.8 Å². The lowest BCUT2D eigenvalue weighted by Gasteiger charge is -2.43. The van der Waals surface area contributed by atoms with Gasteiger partial charge in [-0.1, -0.05) is 0 Å². The number of hydrogen-bond donors (Lipinski definition) is 2. The van der Waals surface area contributed by atoms with Gasteiger partial charge >= 0.3 is 0 Å². The smallest absolute Gasteiger partial charge is 0.164 e. The van der Waals surface area contributed by atoms with Crippen molar-refractivity contribution in [1.82, 2.24) is 0 Å². The maximum atomic E-state index is 6.05. The van der Waals surface area contributed by atoms with Gasteiger partial charge in [-0.25, -0.2) is 0 Å². The fraction of sp³-hybridized carbons (Fsp3) is 1.00. The van der Waals surface area contributed by atoms with Crippen molar-refractivity contribution in [1.29, 1.82) is 0 Å². The summed E-state index contributed by atoms with van der Waals surface area (Å²) < 4.78 is 22.4. The normalized spacial score (nSPS) is 46.7. The second kappa shape index (κ2) is 3.90. The summed E-state index contributed by atoms with van der Waals surface area (Å²) in [7, 11) is 1.57. The van der Waals surface area contributed by atoms with Gasteiger partial charge in [0.05, 0.1) is 6.61 Å². The Morgan fingerprint density at radius 3 is 2.62 bits per heavy atom. The fourth-order valence-corrected chi connectivity index (χ4v) is 2.35. The Bertz CT molecular complexity index is 274. The zero-order chi connectivity index (χ0) is 12.0. The van der Waals surface area contributed by atoms with Gasteiger partial charge < -0.3 is 30.4 Å². The van der Waals surface area contributed by atoms with E-state index in [1.54, 1.807) is 7.11 Å². The third-order valence-electron chi connectivity index (χ3n) is 3.09. The van der Waals surface area contributed by atoms with Crippen LogP contribution >= 0.6 is 0 Å². The van der Waals surface area contributed by atoms with Gasteiger partial charge in [0.1, 0.15) is 18.3 Å². The zero-order valence-electron chi connectivity index (χ0n) is 9.93. The highest BCUT2D eigenvalue weighted by Crippen LogP contribution is 2.37. The Morgan fingerprint density at radius 2 is 2.06 bits per heavy atom. The largest absolute Gasteiger partial charge is 0.374 e. The zero-order valence-corrected chi connectivity index (χ0v) is 9.93. The number of ether oxygens (including phenoxy) is 4. The van der Waals surface area contributed by atoms with Crippen molar-refractivity contribution in [2.45, 2.75) is 43.7 Å². The van der Waals surface area contributed by atoms with Gasteiger partial charge in [-0.3, -0.25) is 0 Å². The highest BCUT2D eigenvalue weighted by molar-refractivity contribution is 5.01. The molecule has 4 N–H and O–H groups in total. The predicted octanol–water partition coefficient (Wildman–Crippen LogP) is -0.835. The third kappa shape index (κ3) is 1.85. The van der Waals surface area contributed by atoms with Gasteiger partial charge in [-0.15, -0.1) is 0 Å². The van der Waals surface area contributed by atoms with Crippen LogP contribution in [0.15, 0.2) is 0 Å². The van der Waals surface area contributed by atoms with Crippen LogP contribution in [0.2, 0.25) is 0 Å². The van der Waals surface area contributed by atoms with Crippen LogP contribution in [-0.2, 0) is 18.9 Å². The quantitative estimate of drug-likeness (QED) is 0.645. The SMILES string of the molecule is COC1C2OC(C)(C)O[C@@H]2CO[C@]1(N)CN. The number of methoxy groups -OCH3 is 1. The first kappa shape index (κ1) is 12.2. The molecule has 16 heavy (non-hydrogen) atoms. The lowest BCUT2D eigenvalue weighted by molar-refractivity contribution is -0.213. The number of hydrogen-bond acceptors (Lipinski definition) is 6. The molecule has 0 bridgehead atoms. The Kier molecular flexibility index (Phi) is 2.98. The summed E-state index contributed by atoms with van der Waals surface area (Å²) >= 11 is 0. The van der Waals surface area contributed by atoms with E-state index in [0.717, 1.165) is 0 Å². The number of fused-ring (bicyclic) bond motifs is 1. The summed E-state index contributed by atoms with van der Waals surface area (Å²) in [6.07, 6.45) is -0.802. The van der Waals surface area contributed by atoms with Gasteiger partial charge in [0.25, 0.3) is 0 Å². The predicted molar refractivity (Wildman–Crippen MR) is 56.5 cm³/mol. The van der Waals surface area contributed by atoms with Gasteiger partial charge in [0.15, 0.2) is 11.5 Å². The van der Waals surface area contributed by atoms with E-state index in [1.165, 1.54) is 0 Å². The van der Waals surface area contributed by atoms with Crippen molar-refractivity contribution in [3.05, 3.63) is 0 Å². The van der Waals surface area contributed by atoms with E-state index < -0.39 is 17.6 Å². The van der Waals surface area contributed by atoms with Crippen LogP contribution in [0.3, 0.4) is 0 Å². The average molecular weight is 232 g/mol. The minimum atomic E-state index is -1.00. The number of rotatable bonds is 2. The standard InChI is InChI=1S/C10H20N2O4/c1-9(2)15-6-4-14-10(12,5-11)8(13-3)7(6)16-9/h6-8H,4-5,11-12H2,1-3H3/t6-,7?,8?,10-/m1/s1. The minimum absolute atomic E-state index is 0.150. The third-order valence-corrected chi connectivity index (χ3v) is 3.09. The highest BCUT2D eigenvalue weighted by Gasteiger charge is 2.55. The Morgan fingerprint density at radius 1 is 1.38 bits per heavy atom. The van der Waals surface area contributed by atoms with Gasteiger partial charge in [-0.05, 0) is 13.8 Å². The summed E-state index contributed by atoms with van der Waals surface area (Å²) in [5, 5.41) is 0. The van der Waals surface area contributed by atoms with E-state index in [2.05, 4.69) is 0 Å². The molecule has 2 rings (SSSR count). The van der Waals surface area contributed by atoms with Crippen molar-refractivity contribution in [2.75, 3.05) is 20.3 Å². The molecule has 0 aliphatic carbocycles. The molecule has 6 heteroatoms. The molecular formula is C10H20N2O4. The topological polar surface area (TPSA) is 89.0 Å². The molecule has 2 aliphatic rings. The molecule has 0 aromatic carbocycles. The van der Waals surface area contributed by atoms with Gasteiger partial charge in [0.2, 0.25) is 0 Å². The van der Waals surface area contributed by atoms with E-state index in [4.69, 9.17) is 30.4 Å². The molecule has 0 radical (unpaired) electrons. The van der Waals surface area contributed by atoms with Crippen LogP contribution in [0.5, 0.6) is 0 Å². The van der Waals surface area contributed by atoms with Crippen LogP contribution < -0.4 is 11.5 Å². The molecule has 94 valence electrons. The van der Waals surface area contributed by atoms with Gasteiger partial charge in [0, 0.05) is 13.7 Å². The minimum Gasteiger partial charge on any atom is -0.374 e. The van der Waals surface area contributed by atoms with Crippen LogP contribution in [0.25, 0.3) is 0 Å².